The molecule has 0 bridgehead atoms. The van der Waals surface area contributed by atoms with E-state index in [0.29, 0.717) is 22.9 Å². The van der Waals surface area contributed by atoms with Gasteiger partial charge in [-0.25, -0.2) is 4.79 Å². The molecule has 3 heterocycles. The molecule has 0 radical (unpaired) electrons. The Morgan fingerprint density at radius 1 is 0.712 bits per heavy atom. The average Bonchev–Trinajstić information content (AvgIpc) is 4.31. The van der Waals surface area contributed by atoms with Gasteiger partial charge in [-0.1, -0.05) is 108 Å². The van der Waals surface area contributed by atoms with Crippen molar-refractivity contribution in [1.29, 1.82) is 0 Å². The standard InChI is InChI=1S/C23H27ClO6.C16H14BrCl.C14H30O4Si2.C4H8O/c1-29-23(22(28)21(27)20(26)19(12-25)30-23)17-8-9-18(24)16(11-17)10-13-2-4-14(5-3-13)15-6-7-15;17-15-7-8-16(18)14(10-15)9-11-1-3-12(4-2-11)13-5-6-13;1-9-11-10(2)12(17-19(3,4)5)13(14(15)16-11)18-20(6,7)8;1-2-4-5-3-1/h2-5,8-9,11,15,19-22,25-28H,6-7,10,12H2,1H3;1-4,7-8,10,13H,5-6,9H2;10-13H,9H2,1-8H3;1-4H2/t19-,20-,21+,22-,23+;;10-,11-,12+,13-;/m1.1./s1. The number of aliphatic hydroxyl groups is 4. The molecule has 402 valence electrons. The van der Waals surface area contributed by atoms with Crippen LogP contribution in [0.3, 0.4) is 0 Å². The number of methoxy groups -OCH3 is 1. The fourth-order valence-electron chi connectivity index (χ4n) is 9.34. The summed E-state index contributed by atoms with van der Waals surface area (Å²) in [4.78, 5) is 12.3. The van der Waals surface area contributed by atoms with Crippen molar-refractivity contribution >= 4 is 61.7 Å². The Bertz CT molecular complexity index is 2360. The van der Waals surface area contributed by atoms with Crippen molar-refractivity contribution in [3.05, 3.63) is 138 Å². The van der Waals surface area contributed by atoms with E-state index in [9.17, 15) is 25.2 Å². The quantitative estimate of drug-likeness (QED) is 0.0705. The Morgan fingerprint density at radius 3 is 1.66 bits per heavy atom. The van der Waals surface area contributed by atoms with Gasteiger partial charge in [0.2, 0.25) is 5.79 Å². The van der Waals surface area contributed by atoms with Gasteiger partial charge >= 0.3 is 5.97 Å². The van der Waals surface area contributed by atoms with Crippen molar-refractivity contribution in [2.24, 2.45) is 5.92 Å². The first-order valence-corrected chi connectivity index (χ1v) is 34.3. The summed E-state index contributed by atoms with van der Waals surface area (Å²) in [6.45, 7) is 18.3. The Hall–Kier alpha value is -2.52. The normalized spacial score (nSPS) is 27.1. The van der Waals surface area contributed by atoms with Crippen molar-refractivity contribution in [1.82, 2.24) is 0 Å². The van der Waals surface area contributed by atoms with Crippen LogP contribution in [0.15, 0.2) is 89.4 Å². The van der Waals surface area contributed by atoms with Crippen molar-refractivity contribution < 1.29 is 53.0 Å². The molecule has 73 heavy (non-hydrogen) atoms. The number of hydrogen-bond acceptors (Lipinski definition) is 11. The van der Waals surface area contributed by atoms with Crippen LogP contribution < -0.4 is 0 Å². The molecule has 5 fully saturated rings. The molecule has 11 nitrogen and oxygen atoms in total. The summed E-state index contributed by atoms with van der Waals surface area (Å²) in [7, 11) is -2.24. The Kier molecular flexibility index (Phi) is 21.8. The molecule has 4 aromatic carbocycles. The summed E-state index contributed by atoms with van der Waals surface area (Å²) in [5.74, 6) is -0.306. The minimum atomic E-state index is -1.83. The lowest BCUT2D eigenvalue weighted by atomic mass is 9.87. The van der Waals surface area contributed by atoms with Gasteiger partial charge in [-0.05, 0) is 173 Å². The average molecular weight is 1150 g/mol. The number of benzene rings is 4. The molecule has 3 saturated heterocycles. The number of carbonyl (C=O) groups excluding carboxylic acids is 1. The summed E-state index contributed by atoms with van der Waals surface area (Å²) in [6, 6.07) is 28.6. The predicted octanol–water partition coefficient (Wildman–Crippen LogP) is 11.8. The first kappa shape index (κ1) is 59.7. The van der Waals surface area contributed by atoms with Crippen molar-refractivity contribution in [3.8, 4) is 0 Å². The van der Waals surface area contributed by atoms with Gasteiger partial charge in [-0.2, -0.15) is 0 Å². The fourth-order valence-corrected chi connectivity index (χ4v) is 12.3. The topological polar surface area (TPSA) is 153 Å². The molecule has 4 aromatic rings. The molecule has 0 unspecified atom stereocenters. The fraction of sp³-hybridized carbons (Fsp3) is 0.561. The largest absolute Gasteiger partial charge is 0.460 e. The van der Waals surface area contributed by atoms with Gasteiger partial charge in [0, 0.05) is 46.3 Å². The van der Waals surface area contributed by atoms with Crippen LogP contribution in [-0.4, -0.2) is 113 Å². The smallest absolute Gasteiger partial charge is 0.337 e. The van der Waals surface area contributed by atoms with Gasteiger partial charge in [0.1, 0.15) is 30.5 Å². The van der Waals surface area contributed by atoms with Crippen LogP contribution in [0.4, 0.5) is 0 Å². The number of halogens is 3. The molecule has 9 rings (SSSR count). The zero-order chi connectivity index (χ0) is 53.3. The number of esters is 1. The zero-order valence-electron chi connectivity index (χ0n) is 44.1. The van der Waals surface area contributed by atoms with E-state index in [4.69, 9.17) is 51.0 Å². The summed E-state index contributed by atoms with van der Waals surface area (Å²) in [6.07, 6.45) is 3.58. The van der Waals surface area contributed by atoms with Gasteiger partial charge in [-0.3, -0.25) is 0 Å². The van der Waals surface area contributed by atoms with Crippen molar-refractivity contribution in [2.75, 3.05) is 26.9 Å². The number of hydrogen-bond donors (Lipinski definition) is 4. The second-order valence-corrected chi connectivity index (χ2v) is 32.6. The van der Waals surface area contributed by atoms with Crippen LogP contribution in [0.25, 0.3) is 0 Å². The zero-order valence-corrected chi connectivity index (χ0v) is 49.2. The molecule has 2 aliphatic carbocycles. The number of cyclic esters (lactones) is 1. The maximum absolute atomic E-state index is 12.3. The van der Waals surface area contributed by atoms with Crippen LogP contribution >= 0.6 is 39.1 Å². The molecule has 3 aliphatic heterocycles. The molecule has 0 aromatic heterocycles. The second kappa shape index (κ2) is 26.7. The summed E-state index contributed by atoms with van der Waals surface area (Å²) >= 11 is 16.1. The molecule has 5 aliphatic rings. The van der Waals surface area contributed by atoms with E-state index >= 15 is 0 Å². The van der Waals surface area contributed by atoms with Gasteiger partial charge in [-0.15, -0.1) is 0 Å². The van der Waals surface area contributed by atoms with Gasteiger partial charge < -0.3 is 48.2 Å². The minimum absolute atomic E-state index is 0.0645. The highest BCUT2D eigenvalue weighted by atomic mass is 79.9. The lowest BCUT2D eigenvalue weighted by Gasteiger charge is -2.47. The molecule has 9 atom stereocenters. The third kappa shape index (κ3) is 17.0. The molecule has 4 N–H and O–H groups in total. The Balaban J connectivity index is 0.000000176. The predicted molar refractivity (Wildman–Crippen MR) is 298 cm³/mol. The Labute approximate surface area is 454 Å². The molecular formula is C57H79BrCl2O11Si2. The van der Waals surface area contributed by atoms with Crippen LogP contribution in [0.5, 0.6) is 0 Å². The maximum atomic E-state index is 12.3. The highest BCUT2D eigenvalue weighted by molar-refractivity contribution is 9.10. The monoisotopic (exact) mass is 1140 g/mol. The van der Waals surface area contributed by atoms with E-state index < -0.39 is 59.5 Å². The molecule has 0 spiro atoms. The van der Waals surface area contributed by atoms with E-state index in [0.717, 1.165) is 52.6 Å². The first-order valence-electron chi connectivity index (χ1n) is 26.0. The molecule has 0 amide bonds. The minimum Gasteiger partial charge on any atom is -0.460 e. The third-order valence-electron chi connectivity index (χ3n) is 13.7. The summed E-state index contributed by atoms with van der Waals surface area (Å²) in [5, 5.41) is 42.0. The molecule has 16 heteroatoms. The van der Waals surface area contributed by atoms with E-state index in [1.165, 1.54) is 67.9 Å². The van der Waals surface area contributed by atoms with Gasteiger partial charge in [0.05, 0.1) is 12.7 Å². The van der Waals surface area contributed by atoms with Crippen LogP contribution in [0.2, 0.25) is 49.3 Å². The number of carbonyl (C=O) groups is 1. The van der Waals surface area contributed by atoms with Gasteiger partial charge in [0.15, 0.2) is 22.7 Å². The SMILES string of the molecule is C1CCOC1.CC[C@H]1OC(=O)[C@H](O[Si](C)(C)C)[C@@H](O[Si](C)(C)C)[C@@H]1C.CO[C@@]1(c2ccc(Cl)c(Cc3ccc(C4CC4)cc3)c2)O[C@H](CO)[C@@H](O)[C@H](O)[C@H]1O.Clc1ccc(Br)cc1Cc1ccc(C2CC2)cc1. The van der Waals surface area contributed by atoms with E-state index in [2.05, 4.69) is 117 Å². The van der Waals surface area contributed by atoms with Crippen molar-refractivity contribution in [2.45, 2.75) is 171 Å². The number of aliphatic hydroxyl groups excluding tert-OH is 4. The Morgan fingerprint density at radius 2 is 1.22 bits per heavy atom. The summed E-state index contributed by atoms with van der Waals surface area (Å²) < 4.78 is 35.2. The van der Waals surface area contributed by atoms with Crippen molar-refractivity contribution in [3.63, 3.8) is 0 Å². The van der Waals surface area contributed by atoms with E-state index in [-0.39, 0.29) is 24.1 Å². The molecular weight excluding hydrogens is 1070 g/mol. The second-order valence-electron chi connectivity index (χ2n) is 22.0. The van der Waals surface area contributed by atoms with E-state index in [1.807, 2.05) is 19.1 Å². The maximum Gasteiger partial charge on any atom is 0.337 e. The summed E-state index contributed by atoms with van der Waals surface area (Å²) in [5.41, 5.74) is 7.68. The third-order valence-corrected chi connectivity index (χ3v) is 16.8. The number of rotatable bonds is 14. The van der Waals surface area contributed by atoms with Crippen LogP contribution in [0, 0.1) is 5.92 Å². The highest BCUT2D eigenvalue weighted by Gasteiger charge is 2.55. The van der Waals surface area contributed by atoms with Crippen LogP contribution in [0.1, 0.15) is 110 Å². The molecule has 2 saturated carbocycles. The lowest BCUT2D eigenvalue weighted by Crippen LogP contribution is -2.64. The highest BCUT2D eigenvalue weighted by Crippen LogP contribution is 2.43. The lowest BCUT2D eigenvalue weighted by molar-refractivity contribution is -0.366. The van der Waals surface area contributed by atoms with Crippen LogP contribution in [-0.2, 0) is 51.2 Å². The van der Waals surface area contributed by atoms with E-state index in [1.54, 1.807) is 18.2 Å². The first-order chi connectivity index (χ1) is 34.6. The van der Waals surface area contributed by atoms with Gasteiger partial charge in [0.25, 0.3) is 0 Å². The number of ether oxygens (including phenoxy) is 4.